The van der Waals surface area contributed by atoms with Crippen LogP contribution < -0.4 is 0 Å². The molecule has 0 radical (unpaired) electrons. The number of aromatic nitrogens is 1. The number of fused-ring (bicyclic) bond motifs is 1. The Morgan fingerprint density at radius 1 is 1.09 bits per heavy atom. The van der Waals surface area contributed by atoms with E-state index in [1.165, 1.54) is 30.3 Å². The Balaban J connectivity index is 1.82. The molecule has 0 aliphatic heterocycles. The van der Waals surface area contributed by atoms with Gasteiger partial charge >= 0.3 is 0 Å². The van der Waals surface area contributed by atoms with Crippen LogP contribution in [0.3, 0.4) is 0 Å². The van der Waals surface area contributed by atoms with Crippen molar-refractivity contribution < 1.29 is 9.72 Å². The molecule has 0 amide bonds. The smallest absolute Gasteiger partial charge is 0.269 e. The lowest BCUT2D eigenvalue weighted by atomic mass is 10.1. The lowest BCUT2D eigenvalue weighted by Crippen LogP contribution is -1.95. The molecule has 5 heteroatoms. The first-order valence-corrected chi connectivity index (χ1v) is 6.68. The Labute approximate surface area is 126 Å². The number of nitrogens with one attached hydrogen (secondary N) is 1. The van der Waals surface area contributed by atoms with Gasteiger partial charge in [-0.2, -0.15) is 0 Å². The zero-order valence-electron chi connectivity index (χ0n) is 11.5. The van der Waals surface area contributed by atoms with Crippen LogP contribution in [0.4, 0.5) is 5.69 Å². The highest BCUT2D eigenvalue weighted by Crippen LogP contribution is 2.19. The van der Waals surface area contributed by atoms with Crippen LogP contribution in [0.15, 0.2) is 60.8 Å². The molecule has 108 valence electrons. The maximum absolute atomic E-state index is 12.1. The summed E-state index contributed by atoms with van der Waals surface area (Å²) in [5.74, 6) is -0.194. The van der Waals surface area contributed by atoms with E-state index in [0.717, 1.165) is 16.5 Å². The second-order valence-corrected chi connectivity index (χ2v) is 4.79. The third-order valence-electron chi connectivity index (χ3n) is 3.40. The third-order valence-corrected chi connectivity index (χ3v) is 3.40. The summed E-state index contributed by atoms with van der Waals surface area (Å²) in [6.07, 6.45) is 5.05. The van der Waals surface area contributed by atoms with E-state index in [1.54, 1.807) is 6.08 Å². The summed E-state index contributed by atoms with van der Waals surface area (Å²) < 4.78 is 0. The number of nitro benzene ring substituents is 1. The maximum atomic E-state index is 12.1. The van der Waals surface area contributed by atoms with Gasteiger partial charge in [-0.3, -0.25) is 14.9 Å². The molecule has 0 unspecified atom stereocenters. The van der Waals surface area contributed by atoms with Crippen LogP contribution in [0.1, 0.15) is 15.9 Å². The zero-order valence-corrected chi connectivity index (χ0v) is 11.5. The summed E-state index contributed by atoms with van der Waals surface area (Å²) in [5.41, 5.74) is 2.31. The Bertz CT molecular complexity index is 876. The van der Waals surface area contributed by atoms with E-state index in [0.29, 0.717) is 5.56 Å². The van der Waals surface area contributed by atoms with E-state index in [-0.39, 0.29) is 11.5 Å². The van der Waals surface area contributed by atoms with Crippen molar-refractivity contribution in [2.24, 2.45) is 0 Å². The quantitative estimate of drug-likeness (QED) is 0.342. The minimum absolute atomic E-state index is 0.0304. The first-order valence-electron chi connectivity index (χ1n) is 6.68. The highest BCUT2D eigenvalue weighted by Gasteiger charge is 2.07. The Morgan fingerprint density at radius 2 is 1.82 bits per heavy atom. The van der Waals surface area contributed by atoms with Crippen molar-refractivity contribution in [1.82, 2.24) is 4.98 Å². The molecule has 0 aliphatic rings. The summed E-state index contributed by atoms with van der Waals surface area (Å²) in [6.45, 7) is 0. The van der Waals surface area contributed by atoms with Gasteiger partial charge in [0.05, 0.1) is 4.92 Å². The van der Waals surface area contributed by atoms with E-state index >= 15 is 0 Å². The van der Waals surface area contributed by atoms with E-state index in [9.17, 15) is 14.9 Å². The molecule has 0 atom stereocenters. The number of aromatic amines is 1. The number of para-hydroxylation sites is 1. The normalized spacial score (nSPS) is 11.1. The number of non-ortho nitro benzene ring substituents is 1. The molecule has 0 saturated heterocycles. The predicted octanol–water partition coefficient (Wildman–Crippen LogP) is 3.97. The minimum Gasteiger partial charge on any atom is -0.361 e. The molecule has 3 aromatic rings. The van der Waals surface area contributed by atoms with Gasteiger partial charge in [0.2, 0.25) is 0 Å². The van der Waals surface area contributed by atoms with Crippen LogP contribution in [-0.2, 0) is 0 Å². The van der Waals surface area contributed by atoms with Gasteiger partial charge in [-0.05, 0) is 35.9 Å². The molecule has 0 saturated carbocycles. The molecule has 5 nitrogen and oxygen atoms in total. The van der Waals surface area contributed by atoms with Gasteiger partial charge in [0.1, 0.15) is 0 Å². The van der Waals surface area contributed by atoms with Crippen LogP contribution in [0.5, 0.6) is 0 Å². The third kappa shape index (κ3) is 2.64. The van der Waals surface area contributed by atoms with Gasteiger partial charge in [-0.15, -0.1) is 0 Å². The van der Waals surface area contributed by atoms with Crippen molar-refractivity contribution in [2.45, 2.75) is 0 Å². The molecule has 22 heavy (non-hydrogen) atoms. The second-order valence-electron chi connectivity index (χ2n) is 4.79. The molecule has 0 spiro atoms. The van der Waals surface area contributed by atoms with Crippen molar-refractivity contribution in [2.75, 3.05) is 0 Å². The summed E-state index contributed by atoms with van der Waals surface area (Å²) in [7, 11) is 0. The molecule has 0 aliphatic carbocycles. The predicted molar refractivity (Wildman–Crippen MR) is 84.8 cm³/mol. The standard InChI is InChI=1S/C17H12N2O3/c20-17(12-5-8-14(9-6-12)19(21)22)10-7-13-11-18-16-4-2-1-3-15(13)16/h1-11,18H. The molecule has 0 fully saturated rings. The monoisotopic (exact) mass is 292 g/mol. The average Bonchev–Trinajstić information content (AvgIpc) is 2.96. The molecular weight excluding hydrogens is 280 g/mol. The Kier molecular flexibility index (Phi) is 3.53. The number of hydrogen-bond donors (Lipinski definition) is 1. The first kappa shape index (κ1) is 13.8. The molecule has 0 bridgehead atoms. The average molecular weight is 292 g/mol. The van der Waals surface area contributed by atoms with E-state index in [4.69, 9.17) is 0 Å². The Morgan fingerprint density at radius 3 is 2.55 bits per heavy atom. The largest absolute Gasteiger partial charge is 0.361 e. The zero-order chi connectivity index (χ0) is 15.5. The first-order chi connectivity index (χ1) is 10.6. The molecular formula is C17H12N2O3. The topological polar surface area (TPSA) is 76.0 Å². The van der Waals surface area contributed by atoms with E-state index in [2.05, 4.69) is 4.98 Å². The maximum Gasteiger partial charge on any atom is 0.269 e. The number of hydrogen-bond acceptors (Lipinski definition) is 3. The molecule has 3 rings (SSSR count). The van der Waals surface area contributed by atoms with Gasteiger partial charge in [-0.25, -0.2) is 0 Å². The van der Waals surface area contributed by atoms with Gasteiger partial charge < -0.3 is 4.98 Å². The Hall–Kier alpha value is -3.21. The summed E-state index contributed by atoms with van der Waals surface area (Å²) in [6, 6.07) is 13.4. The number of benzene rings is 2. The highest BCUT2D eigenvalue weighted by molar-refractivity contribution is 6.07. The molecule has 1 N–H and O–H groups in total. The van der Waals surface area contributed by atoms with E-state index < -0.39 is 4.92 Å². The minimum atomic E-state index is -0.490. The van der Waals surface area contributed by atoms with Crippen molar-refractivity contribution in [1.29, 1.82) is 0 Å². The number of ketones is 1. The van der Waals surface area contributed by atoms with Gasteiger partial charge in [-0.1, -0.05) is 18.2 Å². The number of allylic oxidation sites excluding steroid dienone is 1. The summed E-state index contributed by atoms with van der Waals surface area (Å²) in [4.78, 5) is 25.3. The van der Waals surface area contributed by atoms with Crippen LogP contribution in [0.25, 0.3) is 17.0 Å². The number of nitro groups is 1. The fourth-order valence-corrected chi connectivity index (χ4v) is 2.24. The van der Waals surface area contributed by atoms with E-state index in [1.807, 2.05) is 30.5 Å². The van der Waals surface area contributed by atoms with Crippen LogP contribution >= 0.6 is 0 Å². The number of carbonyl (C=O) groups excluding carboxylic acids is 1. The van der Waals surface area contributed by atoms with Crippen molar-refractivity contribution in [3.8, 4) is 0 Å². The number of carbonyl (C=O) groups is 1. The van der Waals surface area contributed by atoms with Gasteiger partial charge in [0.15, 0.2) is 5.78 Å². The number of rotatable bonds is 4. The summed E-state index contributed by atoms with van der Waals surface area (Å²) in [5, 5.41) is 11.6. The number of nitrogens with zero attached hydrogens (tertiary/aromatic N) is 1. The molecule has 1 aromatic heterocycles. The lowest BCUT2D eigenvalue weighted by molar-refractivity contribution is -0.384. The van der Waals surface area contributed by atoms with Gasteiger partial charge in [0.25, 0.3) is 5.69 Å². The number of H-pyrrole nitrogens is 1. The highest BCUT2D eigenvalue weighted by atomic mass is 16.6. The second kappa shape index (κ2) is 5.65. The fraction of sp³-hybridized carbons (Fsp3) is 0. The summed E-state index contributed by atoms with van der Waals surface area (Å²) >= 11 is 0. The lowest BCUT2D eigenvalue weighted by Gasteiger charge is -1.96. The van der Waals surface area contributed by atoms with Crippen molar-refractivity contribution in [3.05, 3.63) is 82.0 Å². The SMILES string of the molecule is O=C(C=Cc1c[nH]c2ccccc12)c1ccc([N+](=O)[O-])cc1. The van der Waals surface area contributed by atoms with Crippen molar-refractivity contribution in [3.63, 3.8) is 0 Å². The molecule has 1 heterocycles. The van der Waals surface area contributed by atoms with Crippen molar-refractivity contribution >= 4 is 28.4 Å². The fourth-order valence-electron chi connectivity index (χ4n) is 2.24. The van der Waals surface area contributed by atoms with Crippen LogP contribution in [-0.4, -0.2) is 15.7 Å². The molecule has 2 aromatic carbocycles. The van der Waals surface area contributed by atoms with Crippen LogP contribution in [0, 0.1) is 10.1 Å². The van der Waals surface area contributed by atoms with Crippen LogP contribution in [0.2, 0.25) is 0 Å². The van der Waals surface area contributed by atoms with Gasteiger partial charge in [0, 0.05) is 34.8 Å².